The van der Waals surface area contributed by atoms with Crippen molar-refractivity contribution in [2.45, 2.75) is 198 Å². The van der Waals surface area contributed by atoms with E-state index in [2.05, 4.69) is 15.2 Å². The zero-order valence-electron chi connectivity index (χ0n) is 40.6. The minimum Gasteiger partial charge on any atom is -0.394 e. The van der Waals surface area contributed by atoms with Gasteiger partial charge in [0.25, 0.3) is 0 Å². The molecule has 6 aliphatic rings. The van der Waals surface area contributed by atoms with E-state index in [1.165, 1.54) is 0 Å². The highest BCUT2D eigenvalue weighted by molar-refractivity contribution is 7.46. The second kappa shape index (κ2) is 27.3. The van der Waals surface area contributed by atoms with E-state index in [9.17, 15) is 111 Å². The van der Waals surface area contributed by atoms with E-state index in [0.29, 0.717) is 0 Å². The maximum absolute atomic E-state index is 12.9. The Morgan fingerprint density at radius 1 is 0.390 bits per heavy atom. The Morgan fingerprint density at radius 2 is 0.740 bits per heavy atom. The van der Waals surface area contributed by atoms with Gasteiger partial charge in [-0.15, -0.1) is 0 Å². The number of carbonyl (C=O) groups excluding carboxylic acids is 2. The van der Waals surface area contributed by atoms with Crippen LogP contribution >= 0.6 is 7.82 Å². The molecule has 6 rings (SSSR count). The van der Waals surface area contributed by atoms with Crippen LogP contribution in [0.2, 0.25) is 0 Å². The molecule has 0 aromatic heterocycles. The fourth-order valence-electron chi connectivity index (χ4n) is 9.47. The summed E-state index contributed by atoms with van der Waals surface area (Å²) < 4.78 is 79.2. The molecule has 6 saturated heterocycles. The van der Waals surface area contributed by atoms with Gasteiger partial charge >= 0.3 is 7.82 Å². The van der Waals surface area contributed by atoms with Crippen molar-refractivity contribution in [2.75, 3.05) is 39.6 Å². The molecule has 0 saturated carbocycles. The maximum Gasteiger partial charge on any atom is 0.469 e. The van der Waals surface area contributed by atoms with Crippen LogP contribution in [-0.4, -0.2) is 332 Å². The van der Waals surface area contributed by atoms with Gasteiger partial charge < -0.3 is 159 Å². The number of hydrogen-bond acceptors (Lipinski definition) is 32. The molecule has 6 fully saturated rings. The molecule has 0 aromatic carbocycles. The number of carbonyl (C=O) groups is 2. The highest BCUT2D eigenvalue weighted by atomic mass is 31.2. The van der Waals surface area contributed by atoms with Crippen molar-refractivity contribution in [1.82, 2.24) is 10.6 Å². The quantitative estimate of drug-likeness (QED) is 0.0503. The third-order valence-electron chi connectivity index (χ3n) is 13.5. The summed E-state index contributed by atoms with van der Waals surface area (Å²) in [7, 11) is -5.20. The SMILES string of the molecule is CC(=O)N[C@H]1[C@H](O[C@@H]2[C@H](O)[C@@H](O)O[C@H](CO)[C@H]2O)O[C@H](CO)[C@H](O[C@H]2O[C@H](CO)[C@@H](O[C@@H]3O[C@H](CO)[C@H](O)[C@H](O[C@@H]4O[C@H](COP(=O)(O)O)[C@@H](O)[C@H](O)[C@H]4O)[C@H]3NC(C)=O)[C@H](O)[C@H]2O)[C@@H]1O[C@@H]1O[C@H](CO)[C@@H](O)[C@H](O)[C@H]1O. The highest BCUT2D eigenvalue weighted by Gasteiger charge is 2.59. The molecule has 37 heteroatoms. The summed E-state index contributed by atoms with van der Waals surface area (Å²) in [5, 5.41) is 187. The molecule has 0 spiro atoms. The van der Waals surface area contributed by atoms with Crippen molar-refractivity contribution < 1.29 is 167 Å². The van der Waals surface area contributed by atoms with Crippen molar-refractivity contribution >= 4 is 19.6 Å². The first kappa shape index (κ1) is 64.1. The molecule has 0 bridgehead atoms. The average Bonchev–Trinajstić information content (AvgIpc) is 3.38. The van der Waals surface area contributed by atoms with Gasteiger partial charge in [-0.25, -0.2) is 4.57 Å². The van der Waals surface area contributed by atoms with E-state index in [0.717, 1.165) is 13.8 Å². The van der Waals surface area contributed by atoms with Gasteiger partial charge in [0.1, 0.15) is 146 Å². The lowest BCUT2D eigenvalue weighted by Gasteiger charge is -2.52. The molecule has 0 unspecified atom stereocenters. The first-order valence-corrected chi connectivity index (χ1v) is 25.4. The topological polar surface area (TPSA) is 570 Å². The predicted octanol–water partition coefficient (Wildman–Crippen LogP) is -13.7. The van der Waals surface area contributed by atoms with Crippen molar-refractivity contribution in [3.8, 4) is 0 Å². The molecular formula is C40H69N2O34P. The number of aliphatic hydroxyl groups is 17. The Bertz CT molecular complexity index is 1930. The smallest absolute Gasteiger partial charge is 0.394 e. The van der Waals surface area contributed by atoms with Crippen LogP contribution < -0.4 is 10.6 Å². The molecular weight excluding hydrogens is 1080 g/mol. The van der Waals surface area contributed by atoms with Gasteiger partial charge in [-0.1, -0.05) is 0 Å². The Balaban J connectivity index is 1.30. The predicted molar refractivity (Wildman–Crippen MR) is 233 cm³/mol. The first-order valence-electron chi connectivity index (χ1n) is 23.9. The fraction of sp³-hybridized carbons (Fsp3) is 0.950. The largest absolute Gasteiger partial charge is 0.469 e. The van der Waals surface area contributed by atoms with Crippen LogP contribution in [0.1, 0.15) is 13.8 Å². The second-order valence-corrected chi connectivity index (χ2v) is 20.1. The van der Waals surface area contributed by atoms with Crippen molar-refractivity contribution in [1.29, 1.82) is 0 Å². The Labute approximate surface area is 434 Å². The van der Waals surface area contributed by atoms with Crippen molar-refractivity contribution in [2.24, 2.45) is 0 Å². The molecule has 0 radical (unpaired) electrons. The lowest BCUT2D eigenvalue weighted by molar-refractivity contribution is -0.392. The van der Waals surface area contributed by atoms with Gasteiger partial charge in [0.05, 0.1) is 39.6 Å². The van der Waals surface area contributed by atoms with E-state index >= 15 is 0 Å². The zero-order chi connectivity index (χ0) is 57.1. The molecule has 0 aromatic rings. The summed E-state index contributed by atoms with van der Waals surface area (Å²) >= 11 is 0. The third-order valence-corrected chi connectivity index (χ3v) is 13.9. The van der Waals surface area contributed by atoms with Crippen LogP contribution in [0.15, 0.2) is 0 Å². The van der Waals surface area contributed by atoms with Crippen molar-refractivity contribution in [3.05, 3.63) is 0 Å². The monoisotopic (exact) mass is 1150 g/mol. The minimum absolute atomic E-state index is 0.900. The molecule has 6 aliphatic heterocycles. The lowest BCUT2D eigenvalue weighted by atomic mass is 9.93. The van der Waals surface area contributed by atoms with Gasteiger partial charge in [-0.05, 0) is 0 Å². The number of nitrogens with one attached hydrogen (secondary N) is 2. The van der Waals surface area contributed by atoms with Crippen LogP contribution in [0, 0.1) is 0 Å². The molecule has 6 heterocycles. The van der Waals surface area contributed by atoms with E-state index in [-0.39, 0.29) is 0 Å². The van der Waals surface area contributed by atoms with Crippen LogP contribution in [-0.2, 0) is 70.8 Å². The van der Waals surface area contributed by atoms with E-state index < -0.39 is 243 Å². The summed E-state index contributed by atoms with van der Waals surface area (Å²) in [6.07, 6.45) is -56.2. The van der Waals surface area contributed by atoms with Crippen LogP contribution in [0.25, 0.3) is 0 Å². The number of amides is 2. The van der Waals surface area contributed by atoms with E-state index in [4.69, 9.17) is 52.1 Å². The normalized spacial score (nSPS) is 48.0. The average molecular weight is 1150 g/mol. The molecule has 0 aliphatic carbocycles. The highest BCUT2D eigenvalue weighted by Crippen LogP contribution is 2.40. The molecule has 36 nitrogen and oxygen atoms in total. The van der Waals surface area contributed by atoms with Gasteiger partial charge in [-0.3, -0.25) is 14.1 Å². The summed E-state index contributed by atoms with van der Waals surface area (Å²) in [5.74, 6) is -1.81. The number of ether oxygens (including phenoxy) is 11. The summed E-state index contributed by atoms with van der Waals surface area (Å²) in [6.45, 7) is -4.39. The Kier molecular flexibility index (Phi) is 22.8. The molecule has 21 N–H and O–H groups in total. The van der Waals surface area contributed by atoms with Gasteiger partial charge in [0, 0.05) is 13.8 Å². The Morgan fingerprint density at radius 3 is 1.25 bits per heavy atom. The standard InChI is InChI=1S/C40H69N2O34P/c1-9(48)41-17-32(74-39-27(58)24(55)20(51)16(71-39)8-65-77(62,63)64)21(52)13(5-45)67-36(17)72-30-14(6-46)70-40(28(59)25(30)56)73-31-15(7-47)69-37(76-34-22(53)12(4-44)66-35(61)29(34)60)18(42-10(2)49)33(31)75-38-26(57)23(54)19(50)11(3-43)68-38/h11-40,43-47,50-61H,3-8H2,1-2H3,(H,41,48)(H,42,49)(H2,62,63,64)/t11-,12-,13-,14-,15-,16-,17-,18-,19-,20-,21+,22-,23+,24+,25-,26-,27-,28-,29+,30-,31+,32-,33-,34+,35+,36+,37+,38+,39+,40-/m1/s1. The van der Waals surface area contributed by atoms with Gasteiger partial charge in [-0.2, -0.15) is 0 Å². The fourth-order valence-corrected chi connectivity index (χ4v) is 9.81. The third kappa shape index (κ3) is 14.6. The van der Waals surface area contributed by atoms with E-state index in [1.54, 1.807) is 0 Å². The van der Waals surface area contributed by atoms with E-state index in [1.807, 2.05) is 0 Å². The van der Waals surface area contributed by atoms with Crippen LogP contribution in [0.5, 0.6) is 0 Å². The second-order valence-electron chi connectivity index (χ2n) is 18.8. The van der Waals surface area contributed by atoms with Crippen LogP contribution in [0.4, 0.5) is 0 Å². The number of aliphatic hydroxyl groups excluding tert-OH is 17. The number of hydrogen-bond donors (Lipinski definition) is 21. The van der Waals surface area contributed by atoms with Gasteiger partial charge in [0.2, 0.25) is 11.8 Å². The molecule has 77 heavy (non-hydrogen) atoms. The zero-order valence-corrected chi connectivity index (χ0v) is 41.5. The van der Waals surface area contributed by atoms with Gasteiger partial charge in [0.15, 0.2) is 37.7 Å². The summed E-state index contributed by atoms with van der Waals surface area (Å²) in [5.41, 5.74) is 0. The summed E-state index contributed by atoms with van der Waals surface area (Å²) in [6, 6.07) is -3.68. The maximum atomic E-state index is 12.9. The first-order chi connectivity index (χ1) is 36.2. The van der Waals surface area contributed by atoms with Crippen molar-refractivity contribution in [3.63, 3.8) is 0 Å². The molecule has 448 valence electrons. The lowest BCUT2D eigenvalue weighted by Crippen LogP contribution is -2.71. The number of phosphoric ester groups is 1. The molecule has 2 amide bonds. The minimum atomic E-state index is -5.20. The summed E-state index contributed by atoms with van der Waals surface area (Å²) in [4.78, 5) is 43.9. The van der Waals surface area contributed by atoms with Crippen LogP contribution in [0.3, 0.4) is 0 Å². The molecule has 30 atom stereocenters. The number of phosphoric acid groups is 1. The number of rotatable bonds is 20. The Hall–Kier alpha value is -2.07.